The van der Waals surface area contributed by atoms with Crippen molar-refractivity contribution in [1.29, 1.82) is 0 Å². The fourth-order valence-electron chi connectivity index (χ4n) is 1.96. The Hall–Kier alpha value is -3.11. The molecule has 6 heteroatoms. The van der Waals surface area contributed by atoms with Crippen LogP contribution >= 0.6 is 0 Å². The van der Waals surface area contributed by atoms with E-state index < -0.39 is 5.91 Å². The number of ether oxygens (including phenoxy) is 1. The molecule has 0 fully saturated rings. The molecular weight excluding hydrogens is 292 g/mol. The molecule has 0 bridgehead atoms. The zero-order valence-electron chi connectivity index (χ0n) is 12.9. The quantitative estimate of drug-likeness (QED) is 0.272. The van der Waals surface area contributed by atoms with Crippen molar-refractivity contribution in [2.45, 2.75) is 13.8 Å². The van der Waals surface area contributed by atoms with Crippen molar-refractivity contribution in [3.8, 4) is 0 Å². The van der Waals surface area contributed by atoms with Gasteiger partial charge in [-0.25, -0.2) is 0 Å². The van der Waals surface area contributed by atoms with E-state index in [0.29, 0.717) is 12.2 Å². The zero-order valence-corrected chi connectivity index (χ0v) is 12.9. The van der Waals surface area contributed by atoms with E-state index in [0.717, 1.165) is 5.56 Å². The zero-order chi connectivity index (χ0) is 16.7. The maximum absolute atomic E-state index is 12.4. The molecule has 116 valence electrons. The van der Waals surface area contributed by atoms with Gasteiger partial charge in [-0.1, -0.05) is 41.0 Å². The van der Waals surface area contributed by atoms with Gasteiger partial charge in [-0.3, -0.25) is 4.79 Å². The van der Waals surface area contributed by atoms with Gasteiger partial charge in [0.05, 0.1) is 17.9 Å². The summed E-state index contributed by atoms with van der Waals surface area (Å²) in [5.74, 6) is -0.273. The third kappa shape index (κ3) is 4.18. The molecule has 0 aromatic heterocycles. The highest BCUT2D eigenvalue weighted by molar-refractivity contribution is 6.09. The van der Waals surface area contributed by atoms with Gasteiger partial charge >= 0.3 is 0 Å². The highest BCUT2D eigenvalue weighted by Crippen LogP contribution is 2.20. The van der Waals surface area contributed by atoms with Crippen molar-refractivity contribution in [3.63, 3.8) is 0 Å². The minimum absolute atomic E-state index is 0.231. The molecule has 0 heterocycles. The van der Waals surface area contributed by atoms with Crippen LogP contribution in [0.5, 0.6) is 0 Å². The lowest BCUT2D eigenvalue weighted by Gasteiger charge is -2.08. The van der Waals surface area contributed by atoms with E-state index in [2.05, 4.69) is 15.0 Å². The van der Waals surface area contributed by atoms with E-state index in [4.69, 9.17) is 10.3 Å². The number of carbonyl (C=O) groups excluding carboxylic acids is 1. The molecule has 0 saturated heterocycles. The van der Waals surface area contributed by atoms with Gasteiger partial charge in [0.2, 0.25) is 5.90 Å². The third-order valence-electron chi connectivity index (χ3n) is 3.07. The monoisotopic (exact) mass is 308 g/mol. The Morgan fingerprint density at radius 3 is 2.52 bits per heavy atom. The lowest BCUT2D eigenvalue weighted by molar-refractivity contribution is 0.1000. The molecule has 0 spiro atoms. The number of aliphatic imine (C=N–C) groups is 1. The maximum atomic E-state index is 12.4. The van der Waals surface area contributed by atoms with Crippen molar-refractivity contribution in [1.82, 2.24) is 0 Å². The van der Waals surface area contributed by atoms with Crippen LogP contribution in [-0.4, -0.2) is 18.4 Å². The number of rotatable bonds is 4. The summed E-state index contributed by atoms with van der Waals surface area (Å²) < 4.78 is 5.49. The number of hydrogen-bond acceptors (Lipinski definition) is 3. The Bertz CT molecular complexity index is 775. The standard InChI is InChI=1S/C17H16N4O2/c1-3-23-17(13-10-8-12(2)9-11-13)19-16(22)14-6-4-5-7-15(14)20-21-18/h4-11H,3H2,1-2H3. The van der Waals surface area contributed by atoms with Gasteiger partial charge < -0.3 is 4.74 Å². The topological polar surface area (TPSA) is 87.4 Å². The molecule has 6 nitrogen and oxygen atoms in total. The Labute approximate surface area is 134 Å². The second-order valence-electron chi connectivity index (χ2n) is 4.73. The second kappa shape index (κ2) is 7.77. The minimum atomic E-state index is -0.517. The Kier molecular flexibility index (Phi) is 5.50. The lowest BCUT2D eigenvalue weighted by Crippen LogP contribution is -2.10. The number of carbonyl (C=O) groups is 1. The van der Waals surface area contributed by atoms with Gasteiger partial charge in [0.25, 0.3) is 5.91 Å². The largest absolute Gasteiger partial charge is 0.477 e. The number of aryl methyl sites for hydroxylation is 1. The second-order valence-corrected chi connectivity index (χ2v) is 4.73. The molecule has 0 unspecified atom stereocenters. The molecule has 0 radical (unpaired) electrons. The predicted molar refractivity (Wildman–Crippen MR) is 88.9 cm³/mol. The van der Waals surface area contributed by atoms with Gasteiger partial charge in [-0.15, -0.1) is 0 Å². The van der Waals surface area contributed by atoms with Crippen molar-refractivity contribution in [2.24, 2.45) is 10.1 Å². The highest BCUT2D eigenvalue weighted by Gasteiger charge is 2.12. The van der Waals surface area contributed by atoms with E-state index in [-0.39, 0.29) is 17.1 Å². The molecule has 2 aromatic carbocycles. The van der Waals surface area contributed by atoms with E-state index >= 15 is 0 Å². The Morgan fingerprint density at radius 1 is 1.17 bits per heavy atom. The average molecular weight is 308 g/mol. The Morgan fingerprint density at radius 2 is 1.87 bits per heavy atom. The van der Waals surface area contributed by atoms with Crippen molar-refractivity contribution < 1.29 is 9.53 Å². The molecule has 0 aliphatic rings. The molecule has 1 amide bonds. The first-order chi connectivity index (χ1) is 11.2. The first kappa shape index (κ1) is 16.3. The molecular formula is C17H16N4O2. The number of nitrogens with zero attached hydrogens (tertiary/aromatic N) is 4. The van der Waals surface area contributed by atoms with Gasteiger partial charge in [0.1, 0.15) is 0 Å². The molecule has 0 atom stereocenters. The fourth-order valence-corrected chi connectivity index (χ4v) is 1.96. The number of hydrogen-bond donors (Lipinski definition) is 0. The van der Waals surface area contributed by atoms with Gasteiger partial charge in [-0.05, 0) is 37.6 Å². The SMILES string of the molecule is CCOC(=NC(=O)c1ccccc1N=[N+]=[N-])c1ccc(C)cc1. The molecule has 2 rings (SSSR count). The summed E-state index contributed by atoms with van der Waals surface area (Å²) >= 11 is 0. The normalized spacial score (nSPS) is 10.8. The van der Waals surface area contributed by atoms with Gasteiger partial charge in [-0.2, -0.15) is 4.99 Å². The molecule has 0 saturated carbocycles. The van der Waals surface area contributed by atoms with Crippen LogP contribution in [0.4, 0.5) is 5.69 Å². The predicted octanol–water partition coefficient (Wildman–Crippen LogP) is 4.56. The van der Waals surface area contributed by atoms with Gasteiger partial charge in [0, 0.05) is 10.5 Å². The first-order valence-corrected chi connectivity index (χ1v) is 7.12. The molecule has 23 heavy (non-hydrogen) atoms. The summed E-state index contributed by atoms with van der Waals surface area (Å²) in [6, 6.07) is 14.0. The van der Waals surface area contributed by atoms with Crippen LogP contribution < -0.4 is 0 Å². The molecule has 2 aromatic rings. The average Bonchev–Trinajstić information content (AvgIpc) is 2.56. The van der Waals surface area contributed by atoms with E-state index in [9.17, 15) is 4.79 Å². The smallest absolute Gasteiger partial charge is 0.280 e. The molecule has 0 aliphatic heterocycles. The van der Waals surface area contributed by atoms with Crippen LogP contribution in [0.15, 0.2) is 58.6 Å². The van der Waals surface area contributed by atoms with Crippen LogP contribution in [0, 0.1) is 6.92 Å². The van der Waals surface area contributed by atoms with Crippen LogP contribution in [-0.2, 0) is 4.74 Å². The Balaban J connectivity index is 2.41. The number of benzene rings is 2. The van der Waals surface area contributed by atoms with Crippen molar-refractivity contribution in [2.75, 3.05) is 6.61 Å². The van der Waals surface area contributed by atoms with E-state index in [1.54, 1.807) is 24.3 Å². The van der Waals surface area contributed by atoms with E-state index in [1.807, 2.05) is 38.1 Å². The van der Waals surface area contributed by atoms with Crippen LogP contribution in [0.2, 0.25) is 0 Å². The summed E-state index contributed by atoms with van der Waals surface area (Å²) in [5.41, 5.74) is 10.9. The number of amides is 1. The van der Waals surface area contributed by atoms with Crippen molar-refractivity contribution >= 4 is 17.5 Å². The summed E-state index contributed by atoms with van der Waals surface area (Å²) in [6.45, 7) is 4.18. The summed E-state index contributed by atoms with van der Waals surface area (Å²) in [7, 11) is 0. The molecule has 0 N–H and O–H groups in total. The molecule has 0 aliphatic carbocycles. The van der Waals surface area contributed by atoms with Gasteiger partial charge in [0.15, 0.2) is 0 Å². The fraction of sp³-hybridized carbons (Fsp3) is 0.176. The third-order valence-corrected chi connectivity index (χ3v) is 3.07. The van der Waals surface area contributed by atoms with Crippen LogP contribution in [0.25, 0.3) is 10.4 Å². The maximum Gasteiger partial charge on any atom is 0.280 e. The summed E-state index contributed by atoms with van der Waals surface area (Å²) in [5, 5.41) is 3.51. The highest BCUT2D eigenvalue weighted by atomic mass is 16.5. The summed E-state index contributed by atoms with van der Waals surface area (Å²) in [4.78, 5) is 19.2. The van der Waals surface area contributed by atoms with Crippen molar-refractivity contribution in [3.05, 3.63) is 75.7 Å². The van der Waals surface area contributed by atoms with E-state index in [1.165, 1.54) is 0 Å². The minimum Gasteiger partial charge on any atom is -0.477 e. The number of azide groups is 1. The lowest BCUT2D eigenvalue weighted by atomic mass is 10.1. The first-order valence-electron chi connectivity index (χ1n) is 7.12. The van der Waals surface area contributed by atoms with Crippen LogP contribution in [0.1, 0.15) is 28.4 Å². The summed E-state index contributed by atoms with van der Waals surface area (Å²) in [6.07, 6.45) is 0. The van der Waals surface area contributed by atoms with Crippen LogP contribution in [0.3, 0.4) is 0 Å².